The zero-order valence-electron chi connectivity index (χ0n) is 14.2. The van der Waals surface area contributed by atoms with E-state index in [4.69, 9.17) is 0 Å². The van der Waals surface area contributed by atoms with E-state index in [1.807, 2.05) is 0 Å². The number of aryl methyl sites for hydroxylation is 1. The first-order valence-electron chi connectivity index (χ1n) is 9.36. The molecular weight excluding hydrogens is 288 g/mol. The molecule has 3 aliphatic rings. The quantitative estimate of drug-likeness (QED) is 0.705. The molecule has 5 rings (SSSR count). The Hall–Kier alpha value is -2.08. The molecule has 0 aromatic heterocycles. The molecule has 1 saturated carbocycles. The lowest BCUT2D eigenvalue weighted by Crippen LogP contribution is -2.40. The average Bonchev–Trinajstić information content (AvgIpc) is 2.53. The van der Waals surface area contributed by atoms with Crippen molar-refractivity contribution in [2.45, 2.75) is 38.5 Å². The van der Waals surface area contributed by atoms with Crippen LogP contribution in [0.15, 0.2) is 66.8 Å². The van der Waals surface area contributed by atoms with Crippen LogP contribution in [0, 0.1) is 11.3 Å². The average molecular weight is 312 g/mol. The third-order valence-electron chi connectivity index (χ3n) is 6.48. The van der Waals surface area contributed by atoms with Gasteiger partial charge in [-0.3, -0.25) is 0 Å². The van der Waals surface area contributed by atoms with Crippen LogP contribution in [0.4, 0.5) is 0 Å². The Morgan fingerprint density at radius 2 is 1.88 bits per heavy atom. The van der Waals surface area contributed by atoms with E-state index in [2.05, 4.69) is 66.8 Å². The van der Waals surface area contributed by atoms with Gasteiger partial charge in [-0.1, -0.05) is 66.8 Å². The Labute approximate surface area is 144 Å². The molecule has 0 N–H and O–H groups in total. The summed E-state index contributed by atoms with van der Waals surface area (Å²) in [4.78, 5) is 0. The van der Waals surface area contributed by atoms with Gasteiger partial charge in [-0.15, -0.1) is 0 Å². The highest BCUT2D eigenvalue weighted by Gasteiger charge is 2.43. The number of hydrogen-bond acceptors (Lipinski definition) is 0. The summed E-state index contributed by atoms with van der Waals surface area (Å²) in [6, 6.07) is 16.2. The highest BCUT2D eigenvalue weighted by atomic mass is 14.5. The maximum Gasteiger partial charge on any atom is -0.00117 e. The maximum absolute atomic E-state index is 2.47. The van der Waals surface area contributed by atoms with E-state index >= 15 is 0 Å². The van der Waals surface area contributed by atoms with Crippen LogP contribution in [0.3, 0.4) is 0 Å². The van der Waals surface area contributed by atoms with Gasteiger partial charge in [0.1, 0.15) is 0 Å². The van der Waals surface area contributed by atoms with Crippen molar-refractivity contribution in [3.05, 3.63) is 94.6 Å². The number of fused-ring (bicyclic) bond motifs is 2. The number of hydrogen-bond donors (Lipinski definition) is 0. The minimum Gasteiger partial charge on any atom is -0.0806 e. The van der Waals surface area contributed by atoms with Crippen LogP contribution in [-0.2, 0) is 25.7 Å². The lowest BCUT2D eigenvalue weighted by molar-refractivity contribution is 0.124. The van der Waals surface area contributed by atoms with Crippen LogP contribution in [0.1, 0.15) is 40.7 Å². The first kappa shape index (κ1) is 14.3. The largest absolute Gasteiger partial charge is 0.0806 e. The summed E-state index contributed by atoms with van der Waals surface area (Å²) >= 11 is 0. The van der Waals surface area contributed by atoms with Crippen molar-refractivity contribution in [1.29, 1.82) is 0 Å². The van der Waals surface area contributed by atoms with Gasteiger partial charge < -0.3 is 0 Å². The fourth-order valence-electron chi connectivity index (χ4n) is 4.84. The van der Waals surface area contributed by atoms with Crippen LogP contribution in [-0.4, -0.2) is 0 Å². The first-order valence-corrected chi connectivity index (χ1v) is 9.36. The van der Waals surface area contributed by atoms with Gasteiger partial charge in [0.05, 0.1) is 0 Å². The molecule has 2 atom stereocenters. The minimum atomic E-state index is 0.407. The van der Waals surface area contributed by atoms with Crippen LogP contribution in [0.5, 0.6) is 0 Å². The smallest absolute Gasteiger partial charge is 0.00117 e. The molecular formula is C24H24. The highest BCUT2D eigenvalue weighted by molar-refractivity contribution is 5.44. The van der Waals surface area contributed by atoms with Crippen molar-refractivity contribution < 1.29 is 0 Å². The van der Waals surface area contributed by atoms with Crippen molar-refractivity contribution in [1.82, 2.24) is 0 Å². The Morgan fingerprint density at radius 1 is 0.958 bits per heavy atom. The molecule has 0 aliphatic heterocycles. The molecule has 2 unspecified atom stereocenters. The van der Waals surface area contributed by atoms with Crippen LogP contribution in [0.25, 0.3) is 0 Å². The number of benzene rings is 2. The van der Waals surface area contributed by atoms with Gasteiger partial charge in [0.25, 0.3) is 0 Å². The van der Waals surface area contributed by atoms with E-state index in [0.717, 1.165) is 12.3 Å². The Balaban J connectivity index is 1.38. The molecule has 24 heavy (non-hydrogen) atoms. The summed E-state index contributed by atoms with van der Waals surface area (Å²) in [5, 5.41) is 0. The van der Waals surface area contributed by atoms with Gasteiger partial charge in [0.2, 0.25) is 0 Å². The lowest BCUT2D eigenvalue weighted by Gasteiger charge is -2.48. The highest BCUT2D eigenvalue weighted by Crippen LogP contribution is 2.52. The van der Waals surface area contributed by atoms with E-state index in [1.165, 1.54) is 48.8 Å². The molecule has 3 aliphatic carbocycles. The zero-order chi connectivity index (χ0) is 16.0. The summed E-state index contributed by atoms with van der Waals surface area (Å²) in [6.45, 7) is 0. The second-order valence-corrected chi connectivity index (χ2v) is 7.85. The van der Waals surface area contributed by atoms with Crippen molar-refractivity contribution in [2.24, 2.45) is 11.3 Å². The zero-order valence-corrected chi connectivity index (χ0v) is 14.2. The molecule has 0 saturated heterocycles. The maximum atomic E-state index is 2.47. The fraction of sp³-hybridized carbons (Fsp3) is 0.333. The van der Waals surface area contributed by atoms with E-state index < -0.39 is 0 Å². The molecule has 2 aromatic rings. The standard InChI is InChI=1S/C24H24/c1-2-13-24(14-12-22(24)9-1)17-19-6-3-5-18(15-19)16-21-8-4-7-20-10-11-23(20)21/h1-9,13,15,22H,10-12,14,16-17H2. The van der Waals surface area contributed by atoms with Crippen LogP contribution >= 0.6 is 0 Å². The predicted molar refractivity (Wildman–Crippen MR) is 100 cm³/mol. The number of allylic oxidation sites excluding steroid dienone is 4. The first-order chi connectivity index (χ1) is 11.8. The molecule has 0 spiro atoms. The second kappa shape index (κ2) is 5.48. The third kappa shape index (κ3) is 2.28. The Morgan fingerprint density at radius 3 is 2.67 bits per heavy atom. The monoisotopic (exact) mass is 312 g/mol. The molecule has 120 valence electrons. The minimum absolute atomic E-state index is 0.407. The third-order valence-corrected chi connectivity index (χ3v) is 6.48. The molecule has 0 bridgehead atoms. The molecule has 2 aromatic carbocycles. The molecule has 0 heterocycles. The van der Waals surface area contributed by atoms with Gasteiger partial charge in [0.15, 0.2) is 0 Å². The van der Waals surface area contributed by atoms with Gasteiger partial charge >= 0.3 is 0 Å². The van der Waals surface area contributed by atoms with Gasteiger partial charge in [-0.05, 0) is 77.7 Å². The second-order valence-electron chi connectivity index (χ2n) is 7.85. The van der Waals surface area contributed by atoms with Crippen LogP contribution in [0.2, 0.25) is 0 Å². The summed E-state index contributed by atoms with van der Waals surface area (Å²) < 4.78 is 0. The summed E-state index contributed by atoms with van der Waals surface area (Å²) in [7, 11) is 0. The summed E-state index contributed by atoms with van der Waals surface area (Å²) in [5.41, 5.74) is 8.10. The van der Waals surface area contributed by atoms with E-state index in [9.17, 15) is 0 Å². The Bertz CT molecular complexity index is 839. The summed E-state index contributed by atoms with van der Waals surface area (Å²) in [5.74, 6) is 0.764. The van der Waals surface area contributed by atoms with E-state index in [0.29, 0.717) is 5.41 Å². The Kier molecular flexibility index (Phi) is 3.26. The molecule has 0 radical (unpaired) electrons. The van der Waals surface area contributed by atoms with Gasteiger partial charge in [-0.2, -0.15) is 0 Å². The lowest BCUT2D eigenvalue weighted by atomic mass is 9.56. The fourth-order valence-corrected chi connectivity index (χ4v) is 4.84. The van der Waals surface area contributed by atoms with E-state index in [1.54, 1.807) is 11.1 Å². The molecule has 0 nitrogen and oxygen atoms in total. The SMILES string of the molecule is C1=CC2CCC2(Cc2cccc(Cc3cccc4c3CC4)c2)C=C1. The normalized spacial score (nSPS) is 26.2. The van der Waals surface area contributed by atoms with Crippen molar-refractivity contribution >= 4 is 0 Å². The van der Waals surface area contributed by atoms with Crippen molar-refractivity contribution in [2.75, 3.05) is 0 Å². The molecule has 0 amide bonds. The van der Waals surface area contributed by atoms with Crippen LogP contribution < -0.4 is 0 Å². The molecule has 1 fully saturated rings. The summed E-state index contributed by atoms with van der Waals surface area (Å²) in [6.07, 6.45) is 16.9. The molecule has 0 heteroatoms. The van der Waals surface area contributed by atoms with Gasteiger partial charge in [0, 0.05) is 0 Å². The van der Waals surface area contributed by atoms with Crippen molar-refractivity contribution in [3.8, 4) is 0 Å². The van der Waals surface area contributed by atoms with E-state index in [-0.39, 0.29) is 0 Å². The number of rotatable bonds is 4. The topological polar surface area (TPSA) is 0 Å². The van der Waals surface area contributed by atoms with Gasteiger partial charge in [-0.25, -0.2) is 0 Å². The van der Waals surface area contributed by atoms with Crippen molar-refractivity contribution in [3.63, 3.8) is 0 Å². The predicted octanol–water partition coefficient (Wildman–Crippen LogP) is 5.44.